The van der Waals surface area contributed by atoms with Crippen LogP contribution >= 0.6 is 0 Å². The lowest BCUT2D eigenvalue weighted by molar-refractivity contribution is -0.156. The lowest BCUT2D eigenvalue weighted by atomic mass is 9.89. The molecule has 1 amide bonds. The van der Waals surface area contributed by atoms with E-state index in [-0.39, 0.29) is 17.4 Å². The van der Waals surface area contributed by atoms with Crippen LogP contribution in [-0.2, 0) is 21.7 Å². The SMILES string of the molecule is CO[C@@](C)(C(=O)N1CCC[C@H](c2[nH]ncc2CN2CCCC2)C1)c1ccccc1F. The molecule has 0 saturated carbocycles. The number of likely N-dealkylation sites (tertiary alicyclic amines) is 2. The Balaban J connectivity index is 1.52. The first-order valence-electron chi connectivity index (χ1n) is 10.9. The Labute approximate surface area is 177 Å². The van der Waals surface area contributed by atoms with E-state index in [9.17, 15) is 9.18 Å². The summed E-state index contributed by atoms with van der Waals surface area (Å²) in [4.78, 5) is 17.8. The van der Waals surface area contributed by atoms with Crippen molar-refractivity contribution in [2.45, 2.75) is 50.7 Å². The highest BCUT2D eigenvalue weighted by Crippen LogP contribution is 2.34. The van der Waals surface area contributed by atoms with E-state index in [1.807, 2.05) is 11.1 Å². The highest BCUT2D eigenvalue weighted by atomic mass is 19.1. The van der Waals surface area contributed by atoms with Crippen molar-refractivity contribution in [2.75, 3.05) is 33.3 Å². The molecule has 1 N–H and O–H groups in total. The summed E-state index contributed by atoms with van der Waals surface area (Å²) in [6, 6.07) is 6.35. The molecular weight excluding hydrogens is 383 g/mol. The van der Waals surface area contributed by atoms with E-state index < -0.39 is 11.4 Å². The molecule has 0 spiro atoms. The molecule has 1 aromatic heterocycles. The number of H-pyrrole nitrogens is 1. The molecule has 2 aliphatic heterocycles. The van der Waals surface area contributed by atoms with Gasteiger partial charge in [0.05, 0.1) is 6.20 Å². The van der Waals surface area contributed by atoms with Gasteiger partial charge < -0.3 is 9.64 Å². The summed E-state index contributed by atoms with van der Waals surface area (Å²) in [6.45, 7) is 6.07. The number of hydrogen-bond donors (Lipinski definition) is 1. The second kappa shape index (κ2) is 8.86. The number of aromatic nitrogens is 2. The smallest absolute Gasteiger partial charge is 0.259 e. The summed E-state index contributed by atoms with van der Waals surface area (Å²) in [5.74, 6) is -0.421. The van der Waals surface area contributed by atoms with Crippen LogP contribution in [-0.4, -0.2) is 59.2 Å². The first kappa shape index (κ1) is 21.0. The molecule has 30 heavy (non-hydrogen) atoms. The fourth-order valence-corrected chi connectivity index (χ4v) is 4.84. The standard InChI is InChI=1S/C23H31FN4O2/c1-23(30-2,19-9-3-4-10-20(19)24)22(29)28-13-7-8-17(16-28)21-18(14-25-26-21)15-27-11-5-6-12-27/h3-4,9-10,14,17H,5-8,11-13,15-16H2,1-2H3,(H,25,26)/t17-,23+/m0/s1. The zero-order chi connectivity index (χ0) is 21.1. The van der Waals surface area contributed by atoms with Crippen LogP contribution in [0.1, 0.15) is 55.3 Å². The predicted molar refractivity (Wildman–Crippen MR) is 112 cm³/mol. The number of hydrogen-bond acceptors (Lipinski definition) is 4. The summed E-state index contributed by atoms with van der Waals surface area (Å²) in [6.07, 6.45) is 6.33. The number of aromatic amines is 1. The third-order valence-electron chi connectivity index (χ3n) is 6.67. The molecule has 2 atom stereocenters. The van der Waals surface area contributed by atoms with Crippen molar-refractivity contribution < 1.29 is 13.9 Å². The van der Waals surface area contributed by atoms with Crippen molar-refractivity contribution in [3.05, 3.63) is 53.1 Å². The van der Waals surface area contributed by atoms with Gasteiger partial charge in [0, 0.05) is 49.5 Å². The number of piperidine rings is 1. The molecule has 0 bridgehead atoms. The van der Waals surface area contributed by atoms with Gasteiger partial charge in [-0.05, 0) is 51.8 Å². The average molecular weight is 415 g/mol. The third-order valence-corrected chi connectivity index (χ3v) is 6.67. The van der Waals surface area contributed by atoms with E-state index in [4.69, 9.17) is 4.74 Å². The average Bonchev–Trinajstić information content (AvgIpc) is 3.45. The molecule has 7 heteroatoms. The molecule has 4 rings (SSSR count). The Hall–Kier alpha value is -2.25. The van der Waals surface area contributed by atoms with Gasteiger partial charge in [-0.25, -0.2) is 4.39 Å². The maximum absolute atomic E-state index is 14.5. The van der Waals surface area contributed by atoms with Gasteiger partial charge >= 0.3 is 0 Å². The largest absolute Gasteiger partial charge is 0.364 e. The number of benzene rings is 1. The van der Waals surface area contributed by atoms with Gasteiger partial charge in [-0.1, -0.05) is 18.2 Å². The van der Waals surface area contributed by atoms with Crippen molar-refractivity contribution in [3.63, 3.8) is 0 Å². The van der Waals surface area contributed by atoms with Gasteiger partial charge in [-0.3, -0.25) is 14.8 Å². The van der Waals surface area contributed by atoms with Gasteiger partial charge in [-0.2, -0.15) is 5.10 Å². The van der Waals surface area contributed by atoms with Gasteiger partial charge in [0.25, 0.3) is 5.91 Å². The molecule has 6 nitrogen and oxygen atoms in total. The lowest BCUT2D eigenvalue weighted by Gasteiger charge is -2.38. The van der Waals surface area contributed by atoms with Crippen LogP contribution in [0.3, 0.4) is 0 Å². The van der Waals surface area contributed by atoms with Crippen molar-refractivity contribution in [3.8, 4) is 0 Å². The second-order valence-electron chi connectivity index (χ2n) is 8.60. The lowest BCUT2D eigenvalue weighted by Crippen LogP contribution is -2.50. The summed E-state index contributed by atoms with van der Waals surface area (Å²) < 4.78 is 20.1. The Morgan fingerprint density at radius 2 is 2.03 bits per heavy atom. The highest BCUT2D eigenvalue weighted by Gasteiger charge is 2.42. The van der Waals surface area contributed by atoms with Crippen LogP contribution in [0.2, 0.25) is 0 Å². The minimum atomic E-state index is -1.35. The number of carbonyl (C=O) groups is 1. The third kappa shape index (κ3) is 4.01. The van der Waals surface area contributed by atoms with Crippen LogP contribution < -0.4 is 0 Å². The number of nitrogens with one attached hydrogen (secondary N) is 1. The molecule has 0 unspecified atom stereocenters. The highest BCUT2D eigenvalue weighted by molar-refractivity contribution is 5.86. The fourth-order valence-electron chi connectivity index (χ4n) is 4.84. The van der Waals surface area contributed by atoms with Gasteiger partial charge in [0.15, 0.2) is 5.60 Å². The molecule has 2 fully saturated rings. The molecule has 0 aliphatic carbocycles. The summed E-state index contributed by atoms with van der Waals surface area (Å²) in [5, 5.41) is 7.50. The van der Waals surface area contributed by atoms with Gasteiger partial charge in [0.1, 0.15) is 5.82 Å². The normalized spacial score (nSPS) is 22.2. The fraction of sp³-hybridized carbons (Fsp3) is 0.565. The number of rotatable bonds is 6. The Morgan fingerprint density at radius 3 is 2.77 bits per heavy atom. The molecular formula is C23H31FN4O2. The maximum atomic E-state index is 14.5. The first-order chi connectivity index (χ1) is 14.5. The Bertz CT molecular complexity index is 880. The van der Waals surface area contributed by atoms with Crippen LogP contribution in [0.4, 0.5) is 4.39 Å². The van der Waals surface area contributed by atoms with E-state index in [2.05, 4.69) is 15.1 Å². The number of halogens is 1. The minimum absolute atomic E-state index is 0.194. The van der Waals surface area contributed by atoms with Crippen molar-refractivity contribution >= 4 is 5.91 Å². The molecule has 0 radical (unpaired) electrons. The molecule has 2 saturated heterocycles. The quantitative estimate of drug-likeness (QED) is 0.787. The first-order valence-corrected chi connectivity index (χ1v) is 10.9. The minimum Gasteiger partial charge on any atom is -0.364 e. The van der Waals surface area contributed by atoms with Crippen molar-refractivity contribution in [1.29, 1.82) is 0 Å². The topological polar surface area (TPSA) is 61.5 Å². The molecule has 2 aliphatic rings. The Kier molecular flexibility index (Phi) is 6.20. The zero-order valence-electron chi connectivity index (χ0n) is 17.9. The predicted octanol–water partition coefficient (Wildman–Crippen LogP) is 3.41. The molecule has 2 aromatic rings. The summed E-state index contributed by atoms with van der Waals surface area (Å²) >= 11 is 0. The van der Waals surface area contributed by atoms with Crippen LogP contribution in [0, 0.1) is 5.82 Å². The van der Waals surface area contributed by atoms with E-state index in [0.29, 0.717) is 13.1 Å². The number of carbonyl (C=O) groups excluding carboxylic acids is 1. The van der Waals surface area contributed by atoms with E-state index in [1.165, 1.54) is 31.6 Å². The summed E-state index contributed by atoms with van der Waals surface area (Å²) in [7, 11) is 1.47. The van der Waals surface area contributed by atoms with Crippen LogP contribution in [0.15, 0.2) is 30.5 Å². The van der Waals surface area contributed by atoms with E-state index >= 15 is 0 Å². The number of methoxy groups -OCH3 is 1. The number of ether oxygens (including phenoxy) is 1. The number of amides is 1. The summed E-state index contributed by atoms with van der Waals surface area (Å²) in [5.41, 5.74) is 1.28. The Morgan fingerprint density at radius 1 is 1.27 bits per heavy atom. The number of nitrogens with zero attached hydrogens (tertiary/aromatic N) is 3. The van der Waals surface area contributed by atoms with Crippen molar-refractivity contribution in [1.82, 2.24) is 20.0 Å². The molecule has 1 aromatic carbocycles. The van der Waals surface area contributed by atoms with E-state index in [0.717, 1.165) is 38.2 Å². The van der Waals surface area contributed by atoms with E-state index in [1.54, 1.807) is 25.1 Å². The molecule has 3 heterocycles. The van der Waals surface area contributed by atoms with Gasteiger partial charge in [-0.15, -0.1) is 0 Å². The monoisotopic (exact) mass is 414 g/mol. The van der Waals surface area contributed by atoms with Crippen LogP contribution in [0.25, 0.3) is 0 Å². The van der Waals surface area contributed by atoms with Crippen LogP contribution in [0.5, 0.6) is 0 Å². The van der Waals surface area contributed by atoms with Gasteiger partial charge in [0.2, 0.25) is 0 Å². The molecule has 162 valence electrons. The second-order valence-corrected chi connectivity index (χ2v) is 8.60. The zero-order valence-corrected chi connectivity index (χ0v) is 17.9. The maximum Gasteiger partial charge on any atom is 0.259 e. The van der Waals surface area contributed by atoms with Crippen molar-refractivity contribution in [2.24, 2.45) is 0 Å².